The molecule has 0 aromatic heterocycles. The van der Waals surface area contributed by atoms with Crippen molar-refractivity contribution in [1.29, 1.82) is 0 Å². The van der Waals surface area contributed by atoms with Crippen molar-refractivity contribution in [3.05, 3.63) is 35.9 Å². The first-order chi connectivity index (χ1) is 12.0. The molecule has 1 aromatic carbocycles. The highest BCUT2D eigenvalue weighted by Crippen LogP contribution is 2.29. The molecule has 144 valence electrons. The van der Waals surface area contributed by atoms with E-state index >= 15 is 0 Å². The zero-order chi connectivity index (χ0) is 19.4. The number of piperidine rings is 1. The van der Waals surface area contributed by atoms with Crippen LogP contribution in [-0.2, 0) is 16.1 Å². The van der Waals surface area contributed by atoms with Gasteiger partial charge in [0.25, 0.3) is 0 Å². The van der Waals surface area contributed by atoms with Crippen LogP contribution in [0.4, 0.5) is 9.59 Å². The monoisotopic (exact) mass is 362 g/mol. The van der Waals surface area contributed by atoms with Gasteiger partial charge in [-0.25, -0.2) is 9.59 Å². The van der Waals surface area contributed by atoms with Gasteiger partial charge in [0.15, 0.2) is 0 Å². The van der Waals surface area contributed by atoms with E-state index in [-0.39, 0.29) is 24.2 Å². The molecule has 0 unspecified atom stereocenters. The van der Waals surface area contributed by atoms with Crippen molar-refractivity contribution in [3.63, 3.8) is 0 Å². The predicted molar refractivity (Wildman–Crippen MR) is 99.8 cm³/mol. The Hall–Kier alpha value is -2.24. The van der Waals surface area contributed by atoms with Crippen molar-refractivity contribution < 1.29 is 19.1 Å². The minimum Gasteiger partial charge on any atom is -0.445 e. The second-order valence-electron chi connectivity index (χ2n) is 8.63. The molecule has 6 heteroatoms. The van der Waals surface area contributed by atoms with Crippen LogP contribution >= 0.6 is 0 Å². The van der Waals surface area contributed by atoms with Crippen molar-refractivity contribution in [2.24, 2.45) is 5.41 Å². The van der Waals surface area contributed by atoms with E-state index in [1.165, 1.54) is 0 Å². The number of carbonyl (C=O) groups is 2. The second-order valence-corrected chi connectivity index (χ2v) is 8.63. The molecular formula is C20H30N2O4. The molecule has 0 radical (unpaired) electrons. The zero-order valence-corrected chi connectivity index (χ0v) is 16.4. The fraction of sp³-hybridized carbons (Fsp3) is 0.600. The van der Waals surface area contributed by atoms with Crippen LogP contribution in [0.1, 0.15) is 46.6 Å². The van der Waals surface area contributed by atoms with E-state index in [0.717, 1.165) is 12.0 Å². The largest absolute Gasteiger partial charge is 0.445 e. The standard InChI is InChI=1S/C20H30N2O4/c1-19(2,3)26-17(23)21-16-11-20(4,5)14-22(12-16)18(24)25-13-15-9-7-6-8-10-15/h6-10,16H,11-14H2,1-5H3,(H,21,23)/t16-/m0/s1. The highest BCUT2D eigenvalue weighted by atomic mass is 16.6. The number of benzene rings is 1. The molecule has 0 aliphatic carbocycles. The van der Waals surface area contributed by atoms with E-state index in [1.54, 1.807) is 4.90 Å². The molecule has 6 nitrogen and oxygen atoms in total. The van der Waals surface area contributed by atoms with Crippen LogP contribution < -0.4 is 5.32 Å². The van der Waals surface area contributed by atoms with Gasteiger partial charge in [-0.3, -0.25) is 0 Å². The van der Waals surface area contributed by atoms with E-state index in [2.05, 4.69) is 19.2 Å². The first-order valence-corrected chi connectivity index (χ1v) is 8.99. The first-order valence-electron chi connectivity index (χ1n) is 8.99. The highest BCUT2D eigenvalue weighted by Gasteiger charge is 2.36. The van der Waals surface area contributed by atoms with E-state index in [4.69, 9.17) is 9.47 Å². The fourth-order valence-corrected chi connectivity index (χ4v) is 3.16. The Morgan fingerprint density at radius 2 is 1.88 bits per heavy atom. The van der Waals surface area contributed by atoms with E-state index < -0.39 is 11.7 Å². The summed E-state index contributed by atoms with van der Waals surface area (Å²) in [5, 5.41) is 2.88. The molecule has 1 fully saturated rings. The van der Waals surface area contributed by atoms with Crippen LogP contribution in [0.25, 0.3) is 0 Å². The molecule has 0 saturated carbocycles. The van der Waals surface area contributed by atoms with E-state index in [9.17, 15) is 9.59 Å². The predicted octanol–water partition coefficient (Wildman–Crippen LogP) is 3.95. The van der Waals surface area contributed by atoms with Gasteiger partial charge in [0.1, 0.15) is 12.2 Å². The van der Waals surface area contributed by atoms with Crippen molar-refractivity contribution in [1.82, 2.24) is 10.2 Å². The second kappa shape index (κ2) is 7.98. The van der Waals surface area contributed by atoms with Crippen LogP contribution in [0.15, 0.2) is 30.3 Å². The number of hydrogen-bond acceptors (Lipinski definition) is 4. The molecule has 1 aromatic rings. The quantitative estimate of drug-likeness (QED) is 0.884. The van der Waals surface area contributed by atoms with Crippen LogP contribution in [0.3, 0.4) is 0 Å². The Labute approximate surface area is 155 Å². The number of rotatable bonds is 3. The molecule has 1 aliphatic rings. The molecule has 1 heterocycles. The highest BCUT2D eigenvalue weighted by molar-refractivity contribution is 5.70. The number of ether oxygens (including phenoxy) is 2. The Morgan fingerprint density at radius 1 is 1.23 bits per heavy atom. The Morgan fingerprint density at radius 3 is 2.50 bits per heavy atom. The van der Waals surface area contributed by atoms with Crippen molar-refractivity contribution in [3.8, 4) is 0 Å². The van der Waals surface area contributed by atoms with Gasteiger partial charge in [0.2, 0.25) is 0 Å². The van der Waals surface area contributed by atoms with Crippen LogP contribution in [0.2, 0.25) is 0 Å². The van der Waals surface area contributed by atoms with Gasteiger partial charge in [0.05, 0.1) is 6.04 Å². The summed E-state index contributed by atoms with van der Waals surface area (Å²) in [6.45, 7) is 10.9. The maximum atomic E-state index is 12.5. The SMILES string of the molecule is CC1(C)C[C@H](NC(=O)OC(C)(C)C)CN(C(=O)OCc2ccccc2)C1. The van der Waals surface area contributed by atoms with Crippen molar-refractivity contribution in [2.75, 3.05) is 13.1 Å². The summed E-state index contributed by atoms with van der Waals surface area (Å²) in [5.41, 5.74) is 0.271. The Balaban J connectivity index is 1.93. The lowest BCUT2D eigenvalue weighted by atomic mass is 9.82. The minimum absolute atomic E-state index is 0.121. The number of hydrogen-bond donors (Lipinski definition) is 1. The molecule has 0 bridgehead atoms. The van der Waals surface area contributed by atoms with Gasteiger partial charge in [-0.2, -0.15) is 0 Å². The summed E-state index contributed by atoms with van der Waals surface area (Å²) in [6.07, 6.45) is -0.0512. The number of alkyl carbamates (subject to hydrolysis) is 1. The molecule has 1 saturated heterocycles. The van der Waals surface area contributed by atoms with E-state index in [0.29, 0.717) is 13.1 Å². The maximum absolute atomic E-state index is 12.5. The van der Waals surface area contributed by atoms with Gasteiger partial charge < -0.3 is 19.7 Å². The van der Waals surface area contributed by atoms with Crippen molar-refractivity contribution >= 4 is 12.2 Å². The third-order valence-corrected chi connectivity index (χ3v) is 4.04. The van der Waals surface area contributed by atoms with Gasteiger partial charge in [0, 0.05) is 13.1 Å². The fourth-order valence-electron chi connectivity index (χ4n) is 3.16. The number of nitrogens with zero attached hydrogens (tertiary/aromatic N) is 1. The zero-order valence-electron chi connectivity index (χ0n) is 16.4. The van der Waals surface area contributed by atoms with Gasteiger partial charge >= 0.3 is 12.2 Å². The molecule has 26 heavy (non-hydrogen) atoms. The molecule has 1 atom stereocenters. The third kappa shape index (κ3) is 6.58. The Bertz CT molecular complexity index is 622. The first kappa shape index (κ1) is 20.1. The normalized spacial score (nSPS) is 19.6. The summed E-state index contributed by atoms with van der Waals surface area (Å²) in [4.78, 5) is 26.2. The molecule has 2 rings (SSSR count). The summed E-state index contributed by atoms with van der Waals surface area (Å²) in [6, 6.07) is 9.41. The third-order valence-electron chi connectivity index (χ3n) is 4.04. The lowest BCUT2D eigenvalue weighted by molar-refractivity contribution is 0.0325. The molecule has 0 spiro atoms. The lowest BCUT2D eigenvalue weighted by Gasteiger charge is -2.42. The number of likely N-dealkylation sites (tertiary alicyclic amines) is 1. The molecular weight excluding hydrogens is 332 g/mol. The van der Waals surface area contributed by atoms with Gasteiger partial charge in [-0.05, 0) is 38.2 Å². The van der Waals surface area contributed by atoms with Crippen molar-refractivity contribution in [2.45, 2.75) is 59.3 Å². The summed E-state index contributed by atoms with van der Waals surface area (Å²) in [7, 11) is 0. The van der Waals surface area contributed by atoms with E-state index in [1.807, 2.05) is 51.1 Å². The van der Waals surface area contributed by atoms with Gasteiger partial charge in [-0.15, -0.1) is 0 Å². The molecule has 1 aliphatic heterocycles. The topological polar surface area (TPSA) is 67.9 Å². The average Bonchev–Trinajstić information content (AvgIpc) is 2.50. The van der Waals surface area contributed by atoms with Crippen LogP contribution in [-0.4, -0.2) is 41.8 Å². The average molecular weight is 362 g/mol. The number of carbonyl (C=O) groups excluding carboxylic acids is 2. The minimum atomic E-state index is -0.553. The maximum Gasteiger partial charge on any atom is 0.410 e. The Kier molecular flexibility index (Phi) is 6.16. The van der Waals surface area contributed by atoms with Crippen LogP contribution in [0, 0.1) is 5.41 Å². The smallest absolute Gasteiger partial charge is 0.410 e. The van der Waals surface area contributed by atoms with Gasteiger partial charge in [-0.1, -0.05) is 44.2 Å². The summed E-state index contributed by atoms with van der Waals surface area (Å²) >= 11 is 0. The summed E-state index contributed by atoms with van der Waals surface area (Å²) in [5.74, 6) is 0. The molecule has 1 N–H and O–H groups in total. The molecule has 2 amide bonds. The number of nitrogens with one attached hydrogen (secondary N) is 1. The van der Waals surface area contributed by atoms with Crippen LogP contribution in [0.5, 0.6) is 0 Å². The lowest BCUT2D eigenvalue weighted by Crippen LogP contribution is -2.55. The number of amides is 2. The summed E-state index contributed by atoms with van der Waals surface area (Å²) < 4.78 is 10.8.